The van der Waals surface area contributed by atoms with Gasteiger partial charge in [0.2, 0.25) is 5.95 Å². The summed E-state index contributed by atoms with van der Waals surface area (Å²) in [6.07, 6.45) is 2.28. The van der Waals surface area contributed by atoms with Gasteiger partial charge in [-0.05, 0) is 30.0 Å². The van der Waals surface area contributed by atoms with E-state index in [1.807, 2.05) is 18.2 Å². The summed E-state index contributed by atoms with van der Waals surface area (Å²) in [6.45, 7) is 4.28. The monoisotopic (exact) mass is 346 g/mol. The molecule has 0 aliphatic carbocycles. The first-order valence-electron chi connectivity index (χ1n) is 8.09. The molecule has 2 N–H and O–H groups in total. The summed E-state index contributed by atoms with van der Waals surface area (Å²) >= 11 is 0. The van der Waals surface area contributed by atoms with Crippen LogP contribution in [0.2, 0.25) is 0 Å². The summed E-state index contributed by atoms with van der Waals surface area (Å²) < 4.78 is 23.1. The minimum atomic E-state index is -2.91. The minimum absolute atomic E-state index is 0.0827. The first-order valence-corrected chi connectivity index (χ1v) is 9.91. The molecule has 1 aliphatic heterocycles. The van der Waals surface area contributed by atoms with Crippen LogP contribution in [0.5, 0.6) is 0 Å². The Morgan fingerprint density at radius 2 is 2.00 bits per heavy atom. The van der Waals surface area contributed by atoms with Crippen LogP contribution in [0.3, 0.4) is 0 Å². The van der Waals surface area contributed by atoms with Crippen molar-refractivity contribution in [3.8, 4) is 0 Å². The SMILES string of the molecule is CC(C)c1ccccc1Nc1nccc(NC2CCS(=O)(=O)C2)n1. The topological polar surface area (TPSA) is 84.0 Å². The molecular weight excluding hydrogens is 324 g/mol. The summed E-state index contributed by atoms with van der Waals surface area (Å²) in [7, 11) is -2.91. The fourth-order valence-corrected chi connectivity index (χ4v) is 4.53. The maximum absolute atomic E-state index is 11.6. The van der Waals surface area contributed by atoms with Crippen molar-refractivity contribution in [2.24, 2.45) is 0 Å². The van der Waals surface area contributed by atoms with Crippen LogP contribution in [0.4, 0.5) is 17.5 Å². The molecule has 6 nitrogen and oxygen atoms in total. The molecule has 128 valence electrons. The van der Waals surface area contributed by atoms with Gasteiger partial charge in [0, 0.05) is 17.9 Å². The third-order valence-electron chi connectivity index (χ3n) is 4.07. The molecule has 24 heavy (non-hydrogen) atoms. The van der Waals surface area contributed by atoms with E-state index in [0.29, 0.717) is 24.1 Å². The Hall–Kier alpha value is -2.15. The molecular formula is C17H22N4O2S. The fraction of sp³-hybridized carbons (Fsp3) is 0.412. The zero-order valence-electron chi connectivity index (χ0n) is 13.9. The quantitative estimate of drug-likeness (QED) is 0.866. The van der Waals surface area contributed by atoms with E-state index in [1.54, 1.807) is 12.3 Å². The largest absolute Gasteiger partial charge is 0.366 e. The molecule has 2 heterocycles. The molecule has 1 aromatic carbocycles. The smallest absolute Gasteiger partial charge is 0.229 e. The van der Waals surface area contributed by atoms with E-state index in [9.17, 15) is 8.42 Å². The highest BCUT2D eigenvalue weighted by Gasteiger charge is 2.27. The zero-order valence-corrected chi connectivity index (χ0v) is 14.7. The average molecular weight is 346 g/mol. The van der Waals surface area contributed by atoms with Crippen LogP contribution in [0.1, 0.15) is 31.7 Å². The number of nitrogens with one attached hydrogen (secondary N) is 2. The van der Waals surface area contributed by atoms with Crippen LogP contribution in [-0.4, -0.2) is 35.9 Å². The molecule has 0 radical (unpaired) electrons. The Morgan fingerprint density at radius 1 is 1.21 bits per heavy atom. The van der Waals surface area contributed by atoms with Gasteiger partial charge in [-0.2, -0.15) is 4.98 Å². The summed E-state index contributed by atoms with van der Waals surface area (Å²) in [5.74, 6) is 1.92. The van der Waals surface area contributed by atoms with E-state index in [2.05, 4.69) is 40.5 Å². The average Bonchev–Trinajstić information content (AvgIpc) is 2.87. The second-order valence-electron chi connectivity index (χ2n) is 6.38. The van der Waals surface area contributed by atoms with Crippen LogP contribution in [0.25, 0.3) is 0 Å². The Morgan fingerprint density at radius 3 is 2.71 bits per heavy atom. The number of aromatic nitrogens is 2. The van der Waals surface area contributed by atoms with E-state index >= 15 is 0 Å². The van der Waals surface area contributed by atoms with Gasteiger partial charge in [-0.1, -0.05) is 32.0 Å². The summed E-state index contributed by atoms with van der Waals surface area (Å²) in [5.41, 5.74) is 2.18. The lowest BCUT2D eigenvalue weighted by atomic mass is 10.0. The summed E-state index contributed by atoms with van der Waals surface area (Å²) in [5, 5.41) is 6.44. The van der Waals surface area contributed by atoms with E-state index in [-0.39, 0.29) is 17.5 Å². The summed E-state index contributed by atoms with van der Waals surface area (Å²) in [6, 6.07) is 9.74. The second kappa shape index (κ2) is 6.76. The van der Waals surface area contributed by atoms with E-state index in [1.165, 1.54) is 5.56 Å². The molecule has 1 fully saturated rings. The van der Waals surface area contributed by atoms with Gasteiger partial charge >= 0.3 is 0 Å². The molecule has 3 rings (SSSR count). The molecule has 2 aromatic rings. The van der Waals surface area contributed by atoms with Gasteiger partial charge in [-0.25, -0.2) is 13.4 Å². The van der Waals surface area contributed by atoms with Crippen molar-refractivity contribution < 1.29 is 8.42 Å². The molecule has 1 saturated heterocycles. The lowest BCUT2D eigenvalue weighted by Crippen LogP contribution is -2.21. The van der Waals surface area contributed by atoms with Gasteiger partial charge in [0.05, 0.1) is 11.5 Å². The van der Waals surface area contributed by atoms with Crippen molar-refractivity contribution in [2.45, 2.75) is 32.2 Å². The van der Waals surface area contributed by atoms with E-state index in [0.717, 1.165) is 5.69 Å². The van der Waals surface area contributed by atoms with Crippen LogP contribution in [0.15, 0.2) is 36.5 Å². The number of benzene rings is 1. The maximum atomic E-state index is 11.6. The van der Waals surface area contributed by atoms with Crippen LogP contribution in [-0.2, 0) is 9.84 Å². The van der Waals surface area contributed by atoms with Gasteiger partial charge in [0.25, 0.3) is 0 Å². The predicted octanol–water partition coefficient (Wildman–Crippen LogP) is 2.94. The Bertz CT molecular complexity index is 821. The lowest BCUT2D eigenvalue weighted by Gasteiger charge is -2.15. The number of anilines is 3. The Balaban J connectivity index is 1.74. The number of hydrogen-bond acceptors (Lipinski definition) is 6. The Kier molecular flexibility index (Phi) is 4.71. The van der Waals surface area contributed by atoms with Crippen LogP contribution >= 0.6 is 0 Å². The van der Waals surface area contributed by atoms with Crippen molar-refractivity contribution in [1.29, 1.82) is 0 Å². The second-order valence-corrected chi connectivity index (χ2v) is 8.61. The highest BCUT2D eigenvalue weighted by atomic mass is 32.2. The fourth-order valence-electron chi connectivity index (χ4n) is 2.85. The van der Waals surface area contributed by atoms with Gasteiger partial charge < -0.3 is 10.6 Å². The van der Waals surface area contributed by atoms with Gasteiger partial charge in [0.15, 0.2) is 9.84 Å². The first-order chi connectivity index (χ1) is 11.4. The molecule has 1 unspecified atom stereocenters. The maximum Gasteiger partial charge on any atom is 0.229 e. The van der Waals surface area contributed by atoms with Gasteiger partial charge in [0.1, 0.15) is 5.82 Å². The molecule has 0 saturated carbocycles. The molecule has 0 bridgehead atoms. The molecule has 0 amide bonds. The molecule has 1 aromatic heterocycles. The van der Waals surface area contributed by atoms with E-state index < -0.39 is 9.84 Å². The first kappa shape index (κ1) is 16.7. The Labute approximate surface area is 142 Å². The predicted molar refractivity (Wildman–Crippen MR) is 96.5 cm³/mol. The van der Waals surface area contributed by atoms with Crippen molar-refractivity contribution >= 4 is 27.3 Å². The summed E-state index contributed by atoms with van der Waals surface area (Å²) in [4.78, 5) is 8.71. The normalized spacial score (nSPS) is 19.4. The number of rotatable bonds is 5. The van der Waals surface area contributed by atoms with Crippen molar-refractivity contribution in [3.05, 3.63) is 42.1 Å². The van der Waals surface area contributed by atoms with Crippen LogP contribution in [0, 0.1) is 0 Å². The zero-order chi connectivity index (χ0) is 17.2. The minimum Gasteiger partial charge on any atom is -0.366 e. The molecule has 1 atom stereocenters. The lowest BCUT2D eigenvalue weighted by molar-refractivity contribution is 0.602. The highest BCUT2D eigenvalue weighted by molar-refractivity contribution is 7.91. The van der Waals surface area contributed by atoms with Gasteiger partial charge in [-0.3, -0.25) is 0 Å². The van der Waals surface area contributed by atoms with E-state index in [4.69, 9.17) is 0 Å². The molecule has 0 spiro atoms. The number of sulfone groups is 1. The van der Waals surface area contributed by atoms with Crippen molar-refractivity contribution in [3.63, 3.8) is 0 Å². The van der Waals surface area contributed by atoms with Crippen LogP contribution < -0.4 is 10.6 Å². The number of nitrogens with zero attached hydrogens (tertiary/aromatic N) is 2. The highest BCUT2D eigenvalue weighted by Crippen LogP contribution is 2.26. The third kappa shape index (κ3) is 4.03. The standard InChI is InChI=1S/C17H22N4O2S/c1-12(2)14-5-3-4-6-15(14)20-17-18-9-7-16(21-17)19-13-8-10-24(22,23)11-13/h3-7,9,12-13H,8,10-11H2,1-2H3,(H2,18,19,20,21). The third-order valence-corrected chi connectivity index (χ3v) is 5.84. The van der Waals surface area contributed by atoms with Crippen molar-refractivity contribution in [1.82, 2.24) is 9.97 Å². The van der Waals surface area contributed by atoms with Gasteiger partial charge in [-0.15, -0.1) is 0 Å². The van der Waals surface area contributed by atoms with Crippen molar-refractivity contribution in [2.75, 3.05) is 22.1 Å². The molecule has 1 aliphatic rings. The molecule has 7 heteroatoms. The number of para-hydroxylation sites is 1. The number of hydrogen-bond donors (Lipinski definition) is 2.